The molecule has 0 unspecified atom stereocenters. The lowest BCUT2D eigenvalue weighted by Gasteiger charge is -2.12. The maximum atomic E-state index is 12.4. The SMILES string of the molecule is COc1cccc(COc2cc(C=NNc3nc(-c4ccccc4)c(C#N)c(=O)[nH]3)ccc2OC)c1. The Bertz CT molecular complexity index is 1480. The van der Waals surface area contributed by atoms with E-state index in [1.807, 2.05) is 54.6 Å². The van der Waals surface area contributed by atoms with Crippen LogP contribution in [0, 0.1) is 11.3 Å². The van der Waals surface area contributed by atoms with Gasteiger partial charge in [0.25, 0.3) is 5.56 Å². The van der Waals surface area contributed by atoms with Gasteiger partial charge in [-0.1, -0.05) is 42.5 Å². The first kappa shape index (κ1) is 24.0. The molecule has 2 N–H and O–H groups in total. The fourth-order valence-electron chi connectivity index (χ4n) is 3.41. The monoisotopic (exact) mass is 481 g/mol. The Morgan fingerprint density at radius 3 is 2.61 bits per heavy atom. The summed E-state index contributed by atoms with van der Waals surface area (Å²) in [6, 6.07) is 23.9. The Kier molecular flexibility index (Phi) is 7.58. The topological polar surface area (TPSA) is 122 Å². The molecule has 0 atom stereocenters. The maximum absolute atomic E-state index is 12.4. The number of ether oxygens (including phenoxy) is 3. The Labute approximate surface area is 207 Å². The van der Waals surface area contributed by atoms with Gasteiger partial charge in [-0.25, -0.2) is 10.4 Å². The van der Waals surface area contributed by atoms with Gasteiger partial charge in [-0.15, -0.1) is 0 Å². The van der Waals surface area contributed by atoms with E-state index in [1.165, 1.54) is 0 Å². The summed E-state index contributed by atoms with van der Waals surface area (Å²) in [5.74, 6) is 1.98. The lowest BCUT2D eigenvalue weighted by molar-refractivity contribution is 0.284. The fraction of sp³-hybridized carbons (Fsp3) is 0.111. The number of benzene rings is 3. The molecule has 9 nitrogen and oxygen atoms in total. The van der Waals surface area contributed by atoms with Gasteiger partial charge in [-0.2, -0.15) is 10.4 Å². The molecule has 0 aliphatic heterocycles. The Hall–Kier alpha value is -5.10. The minimum atomic E-state index is -0.554. The van der Waals surface area contributed by atoms with Crippen molar-refractivity contribution in [3.8, 4) is 34.6 Å². The van der Waals surface area contributed by atoms with Gasteiger partial charge < -0.3 is 14.2 Å². The van der Waals surface area contributed by atoms with Crippen LogP contribution in [0.5, 0.6) is 17.2 Å². The summed E-state index contributed by atoms with van der Waals surface area (Å²) >= 11 is 0. The summed E-state index contributed by atoms with van der Waals surface area (Å²) in [7, 11) is 3.19. The normalized spacial score (nSPS) is 10.6. The molecule has 180 valence electrons. The summed E-state index contributed by atoms with van der Waals surface area (Å²) < 4.78 is 16.6. The highest BCUT2D eigenvalue weighted by atomic mass is 16.5. The van der Waals surface area contributed by atoms with Crippen molar-refractivity contribution >= 4 is 12.2 Å². The lowest BCUT2D eigenvalue weighted by atomic mass is 10.1. The number of aromatic nitrogens is 2. The number of nitriles is 1. The van der Waals surface area contributed by atoms with Gasteiger partial charge in [0.15, 0.2) is 11.5 Å². The van der Waals surface area contributed by atoms with Crippen molar-refractivity contribution in [2.24, 2.45) is 5.10 Å². The van der Waals surface area contributed by atoms with Gasteiger partial charge in [-0.05, 0) is 41.5 Å². The van der Waals surface area contributed by atoms with E-state index in [4.69, 9.17) is 14.2 Å². The number of rotatable bonds is 9. The van der Waals surface area contributed by atoms with Crippen LogP contribution in [-0.2, 0) is 6.61 Å². The van der Waals surface area contributed by atoms with Crippen LogP contribution in [0.15, 0.2) is 82.7 Å². The van der Waals surface area contributed by atoms with E-state index in [1.54, 1.807) is 44.7 Å². The van der Waals surface area contributed by atoms with Crippen LogP contribution >= 0.6 is 0 Å². The van der Waals surface area contributed by atoms with E-state index in [0.29, 0.717) is 23.7 Å². The van der Waals surface area contributed by atoms with Gasteiger partial charge in [0, 0.05) is 5.56 Å². The molecule has 1 aromatic heterocycles. The minimum Gasteiger partial charge on any atom is -0.497 e. The van der Waals surface area contributed by atoms with E-state index in [-0.39, 0.29) is 17.2 Å². The number of H-pyrrole nitrogens is 1. The number of nitrogens with one attached hydrogen (secondary N) is 2. The zero-order valence-corrected chi connectivity index (χ0v) is 19.7. The van der Waals surface area contributed by atoms with Crippen molar-refractivity contribution in [3.05, 3.63) is 99.8 Å². The molecular weight excluding hydrogens is 458 g/mol. The molecule has 4 rings (SSSR count). The number of methoxy groups -OCH3 is 2. The van der Waals surface area contributed by atoms with Crippen LogP contribution in [0.2, 0.25) is 0 Å². The van der Waals surface area contributed by atoms with Crippen LogP contribution in [0.25, 0.3) is 11.3 Å². The van der Waals surface area contributed by atoms with Gasteiger partial charge in [0.05, 0.1) is 26.1 Å². The summed E-state index contributed by atoms with van der Waals surface area (Å²) in [5, 5.41) is 13.6. The van der Waals surface area contributed by atoms with Crippen LogP contribution in [0.4, 0.5) is 5.95 Å². The van der Waals surface area contributed by atoms with Crippen molar-refractivity contribution in [2.45, 2.75) is 6.61 Å². The molecule has 0 fully saturated rings. The fourth-order valence-corrected chi connectivity index (χ4v) is 3.41. The number of aromatic amines is 1. The quantitative estimate of drug-likeness (QED) is 0.269. The molecule has 0 aliphatic carbocycles. The second-order valence-electron chi connectivity index (χ2n) is 7.54. The molecule has 0 bridgehead atoms. The van der Waals surface area contributed by atoms with Crippen molar-refractivity contribution < 1.29 is 14.2 Å². The molecule has 9 heteroatoms. The molecule has 0 amide bonds. The third kappa shape index (κ3) is 5.69. The molecule has 36 heavy (non-hydrogen) atoms. The molecular formula is C27H23N5O4. The van der Waals surface area contributed by atoms with E-state index < -0.39 is 5.56 Å². The van der Waals surface area contributed by atoms with E-state index in [2.05, 4.69) is 20.5 Å². The minimum absolute atomic E-state index is 0.0660. The molecule has 0 spiro atoms. The second kappa shape index (κ2) is 11.4. The molecule has 0 saturated carbocycles. The highest BCUT2D eigenvalue weighted by molar-refractivity contribution is 5.81. The zero-order chi connectivity index (χ0) is 25.3. The molecule has 1 heterocycles. The number of hydrazone groups is 1. The first-order valence-electron chi connectivity index (χ1n) is 10.9. The summed E-state index contributed by atoms with van der Waals surface area (Å²) in [6.45, 7) is 0.324. The van der Waals surface area contributed by atoms with Crippen molar-refractivity contribution in [2.75, 3.05) is 19.6 Å². The first-order chi connectivity index (χ1) is 17.6. The number of hydrogen-bond acceptors (Lipinski definition) is 8. The molecule has 0 radical (unpaired) electrons. The molecule has 4 aromatic rings. The van der Waals surface area contributed by atoms with Gasteiger partial charge >= 0.3 is 0 Å². The van der Waals surface area contributed by atoms with Crippen LogP contribution in [0.3, 0.4) is 0 Å². The Morgan fingerprint density at radius 1 is 1.03 bits per heavy atom. The zero-order valence-electron chi connectivity index (χ0n) is 19.7. The van der Waals surface area contributed by atoms with Crippen LogP contribution < -0.4 is 25.2 Å². The Balaban J connectivity index is 1.51. The predicted molar refractivity (Wildman–Crippen MR) is 137 cm³/mol. The van der Waals surface area contributed by atoms with Crippen molar-refractivity contribution in [1.29, 1.82) is 5.26 Å². The average molecular weight is 482 g/mol. The summed E-state index contributed by atoms with van der Waals surface area (Å²) in [5.41, 5.74) is 4.70. The smallest absolute Gasteiger partial charge is 0.270 e. The summed E-state index contributed by atoms with van der Waals surface area (Å²) in [6.07, 6.45) is 1.55. The third-order valence-corrected chi connectivity index (χ3v) is 5.18. The van der Waals surface area contributed by atoms with Gasteiger partial charge in [0.2, 0.25) is 5.95 Å². The van der Waals surface area contributed by atoms with Crippen molar-refractivity contribution in [3.63, 3.8) is 0 Å². The highest BCUT2D eigenvalue weighted by Gasteiger charge is 2.13. The van der Waals surface area contributed by atoms with E-state index in [9.17, 15) is 10.1 Å². The molecule has 0 saturated heterocycles. The largest absolute Gasteiger partial charge is 0.497 e. The number of nitrogens with zero attached hydrogens (tertiary/aromatic N) is 3. The molecule has 3 aromatic carbocycles. The van der Waals surface area contributed by atoms with E-state index in [0.717, 1.165) is 16.9 Å². The maximum Gasteiger partial charge on any atom is 0.270 e. The first-order valence-corrected chi connectivity index (χ1v) is 10.9. The second-order valence-corrected chi connectivity index (χ2v) is 7.54. The molecule has 0 aliphatic rings. The van der Waals surface area contributed by atoms with Crippen LogP contribution in [0.1, 0.15) is 16.7 Å². The van der Waals surface area contributed by atoms with Crippen molar-refractivity contribution in [1.82, 2.24) is 9.97 Å². The highest BCUT2D eigenvalue weighted by Crippen LogP contribution is 2.29. The van der Waals surface area contributed by atoms with Gasteiger partial charge in [-0.3, -0.25) is 9.78 Å². The number of hydrogen-bond donors (Lipinski definition) is 2. The number of anilines is 1. The predicted octanol–water partition coefficient (Wildman–Crippen LogP) is 4.35. The lowest BCUT2D eigenvalue weighted by Crippen LogP contribution is -2.16. The van der Waals surface area contributed by atoms with Crippen LogP contribution in [-0.4, -0.2) is 30.4 Å². The Morgan fingerprint density at radius 2 is 1.86 bits per heavy atom. The average Bonchev–Trinajstić information content (AvgIpc) is 2.92. The third-order valence-electron chi connectivity index (χ3n) is 5.18. The standard InChI is InChI=1S/C27H23N5O4/c1-34-21-10-6-7-19(13-21)17-36-24-14-18(11-12-23(24)35-2)16-29-32-27-30-25(20-8-4-3-5-9-20)22(15-28)26(33)31-27/h3-14,16H,17H2,1-2H3,(H2,30,31,32,33). The van der Waals surface area contributed by atoms with E-state index >= 15 is 0 Å². The van der Waals surface area contributed by atoms with Gasteiger partial charge in [0.1, 0.15) is 24.0 Å². The summed E-state index contributed by atoms with van der Waals surface area (Å²) in [4.78, 5) is 19.3.